The first-order valence-electron chi connectivity index (χ1n) is 7.59. The Morgan fingerprint density at radius 3 is 2.29 bits per heavy atom. The van der Waals surface area contributed by atoms with Gasteiger partial charge >= 0.3 is 0 Å². The highest BCUT2D eigenvalue weighted by Crippen LogP contribution is 2.27. The minimum atomic E-state index is -2.98. The Morgan fingerprint density at radius 1 is 1.24 bits per heavy atom. The van der Waals surface area contributed by atoms with Gasteiger partial charge < -0.3 is 10.2 Å². The van der Waals surface area contributed by atoms with Gasteiger partial charge in [0.2, 0.25) is 11.8 Å². The Hall–Kier alpha value is -1.11. The summed E-state index contributed by atoms with van der Waals surface area (Å²) in [5, 5.41) is 2.78. The SMILES string of the molecule is CCC1NC(=O)C(C(C)C)N(C2CCS(=O)(=O)CC2)C1=O. The van der Waals surface area contributed by atoms with Gasteiger partial charge in [-0.25, -0.2) is 8.42 Å². The van der Waals surface area contributed by atoms with Crippen molar-refractivity contribution in [3.63, 3.8) is 0 Å². The summed E-state index contributed by atoms with van der Waals surface area (Å²) in [5.41, 5.74) is 0. The second kappa shape index (κ2) is 5.94. The van der Waals surface area contributed by atoms with Crippen LogP contribution in [-0.2, 0) is 19.4 Å². The van der Waals surface area contributed by atoms with Gasteiger partial charge in [0.1, 0.15) is 21.9 Å². The number of piperazine rings is 1. The Balaban J connectivity index is 2.26. The maximum absolute atomic E-state index is 12.6. The van der Waals surface area contributed by atoms with Gasteiger partial charge in [0, 0.05) is 6.04 Å². The lowest BCUT2D eigenvalue weighted by Gasteiger charge is -2.45. The molecule has 7 heteroatoms. The van der Waals surface area contributed by atoms with E-state index in [1.54, 1.807) is 4.90 Å². The van der Waals surface area contributed by atoms with Gasteiger partial charge in [-0.1, -0.05) is 20.8 Å². The number of nitrogens with zero attached hydrogens (tertiary/aromatic N) is 1. The number of hydrogen-bond donors (Lipinski definition) is 1. The molecule has 0 spiro atoms. The number of sulfone groups is 1. The molecular weight excluding hydrogens is 292 g/mol. The molecule has 2 rings (SSSR count). The molecule has 6 nitrogen and oxygen atoms in total. The van der Waals surface area contributed by atoms with Crippen LogP contribution in [0.2, 0.25) is 0 Å². The number of carbonyl (C=O) groups excluding carboxylic acids is 2. The topological polar surface area (TPSA) is 83.6 Å². The van der Waals surface area contributed by atoms with Crippen LogP contribution in [0.1, 0.15) is 40.0 Å². The lowest BCUT2D eigenvalue weighted by molar-refractivity contribution is -0.154. The van der Waals surface area contributed by atoms with Gasteiger partial charge in [-0.15, -0.1) is 0 Å². The van der Waals surface area contributed by atoms with E-state index < -0.39 is 21.9 Å². The van der Waals surface area contributed by atoms with E-state index >= 15 is 0 Å². The van der Waals surface area contributed by atoms with Crippen LogP contribution in [0.4, 0.5) is 0 Å². The Kier molecular flexibility index (Phi) is 4.60. The van der Waals surface area contributed by atoms with Crippen molar-refractivity contribution in [3.8, 4) is 0 Å². The number of rotatable bonds is 3. The third-order valence-corrected chi connectivity index (χ3v) is 6.11. The molecule has 0 radical (unpaired) electrons. The Morgan fingerprint density at radius 2 is 1.81 bits per heavy atom. The quantitative estimate of drug-likeness (QED) is 0.813. The van der Waals surface area contributed by atoms with E-state index in [9.17, 15) is 18.0 Å². The highest BCUT2D eigenvalue weighted by atomic mass is 32.2. The molecule has 2 aliphatic rings. The van der Waals surface area contributed by atoms with Gasteiger partial charge in [-0.2, -0.15) is 0 Å². The summed E-state index contributed by atoms with van der Waals surface area (Å²) in [4.78, 5) is 26.6. The fourth-order valence-corrected chi connectivity index (χ4v) is 4.69. The maximum Gasteiger partial charge on any atom is 0.246 e. The normalized spacial score (nSPS) is 30.6. The van der Waals surface area contributed by atoms with Crippen molar-refractivity contribution in [2.24, 2.45) is 5.92 Å². The standard InChI is InChI=1S/C14H24N2O4S/c1-4-11-14(18)16(12(9(2)3)13(17)15-11)10-5-7-21(19,20)8-6-10/h9-12H,4-8H2,1-3H3,(H,15,17). The van der Waals surface area contributed by atoms with Crippen molar-refractivity contribution in [3.05, 3.63) is 0 Å². The Bertz CT molecular complexity index is 515. The second-order valence-corrected chi connectivity index (χ2v) is 8.59. The van der Waals surface area contributed by atoms with E-state index in [2.05, 4.69) is 5.32 Å². The first kappa shape index (κ1) is 16.3. The van der Waals surface area contributed by atoms with Crippen LogP contribution < -0.4 is 5.32 Å². The van der Waals surface area contributed by atoms with Crippen molar-refractivity contribution in [1.82, 2.24) is 10.2 Å². The molecule has 0 bridgehead atoms. The molecule has 0 aromatic heterocycles. The van der Waals surface area contributed by atoms with Crippen LogP contribution >= 0.6 is 0 Å². The molecule has 2 atom stereocenters. The molecule has 0 saturated carbocycles. The zero-order valence-corrected chi connectivity index (χ0v) is 13.6. The van der Waals surface area contributed by atoms with E-state index in [1.165, 1.54) is 0 Å². The molecule has 120 valence electrons. The van der Waals surface area contributed by atoms with E-state index in [0.717, 1.165) is 0 Å². The van der Waals surface area contributed by atoms with Crippen LogP contribution in [0.3, 0.4) is 0 Å². The molecule has 0 aromatic carbocycles. The number of carbonyl (C=O) groups is 2. The molecule has 2 unspecified atom stereocenters. The first-order chi connectivity index (χ1) is 9.76. The van der Waals surface area contributed by atoms with Crippen molar-refractivity contribution in [1.29, 1.82) is 0 Å². The number of amides is 2. The molecule has 2 saturated heterocycles. The van der Waals surface area contributed by atoms with Gasteiger partial charge in [0.15, 0.2) is 0 Å². The fourth-order valence-electron chi connectivity index (χ4n) is 3.23. The Labute approximate surface area is 126 Å². The summed E-state index contributed by atoms with van der Waals surface area (Å²) in [7, 11) is -2.98. The van der Waals surface area contributed by atoms with E-state index in [4.69, 9.17) is 0 Å². The fraction of sp³-hybridized carbons (Fsp3) is 0.857. The molecule has 0 aliphatic carbocycles. The number of hydrogen-bond acceptors (Lipinski definition) is 4. The van der Waals surface area contributed by atoms with Crippen molar-refractivity contribution < 1.29 is 18.0 Å². The van der Waals surface area contributed by atoms with Crippen LogP contribution in [0.15, 0.2) is 0 Å². The zero-order chi connectivity index (χ0) is 15.8. The smallest absolute Gasteiger partial charge is 0.246 e. The summed E-state index contributed by atoms with van der Waals surface area (Å²) in [6, 6.07) is -1.12. The average Bonchev–Trinajstić information content (AvgIpc) is 2.40. The average molecular weight is 316 g/mol. The predicted molar refractivity (Wildman–Crippen MR) is 79.4 cm³/mol. The van der Waals surface area contributed by atoms with Gasteiger partial charge in [0.25, 0.3) is 0 Å². The third-order valence-electron chi connectivity index (χ3n) is 4.39. The molecule has 0 aromatic rings. The minimum absolute atomic E-state index is 0.00490. The second-order valence-electron chi connectivity index (χ2n) is 6.29. The zero-order valence-electron chi connectivity index (χ0n) is 12.8. The minimum Gasteiger partial charge on any atom is -0.343 e. The van der Waals surface area contributed by atoms with E-state index in [1.807, 2.05) is 20.8 Å². The van der Waals surface area contributed by atoms with Gasteiger partial charge in [-0.3, -0.25) is 9.59 Å². The lowest BCUT2D eigenvalue weighted by atomic mass is 9.93. The molecule has 1 N–H and O–H groups in total. The van der Waals surface area contributed by atoms with Crippen molar-refractivity contribution >= 4 is 21.7 Å². The lowest BCUT2D eigenvalue weighted by Crippen LogP contribution is -2.67. The van der Waals surface area contributed by atoms with Crippen LogP contribution in [0, 0.1) is 5.92 Å². The predicted octanol–water partition coefficient (Wildman–Crippen LogP) is 0.325. The molecule has 2 heterocycles. The highest BCUT2D eigenvalue weighted by molar-refractivity contribution is 7.91. The first-order valence-corrected chi connectivity index (χ1v) is 9.42. The third kappa shape index (κ3) is 3.22. The molecule has 2 aliphatic heterocycles. The summed E-state index contributed by atoms with van der Waals surface area (Å²) in [5.74, 6) is 0.0188. The summed E-state index contributed by atoms with van der Waals surface area (Å²) >= 11 is 0. The van der Waals surface area contributed by atoms with E-state index in [0.29, 0.717) is 19.3 Å². The van der Waals surface area contributed by atoms with Crippen LogP contribution in [-0.4, -0.2) is 54.8 Å². The van der Waals surface area contributed by atoms with Gasteiger partial charge in [0.05, 0.1) is 11.5 Å². The van der Waals surface area contributed by atoms with Crippen molar-refractivity contribution in [2.45, 2.75) is 58.2 Å². The molecule has 21 heavy (non-hydrogen) atoms. The highest BCUT2D eigenvalue weighted by Gasteiger charge is 2.45. The largest absolute Gasteiger partial charge is 0.343 e. The van der Waals surface area contributed by atoms with Crippen LogP contribution in [0.25, 0.3) is 0 Å². The van der Waals surface area contributed by atoms with Crippen LogP contribution in [0.5, 0.6) is 0 Å². The molecule has 2 amide bonds. The summed E-state index contributed by atoms with van der Waals surface area (Å²) in [6.45, 7) is 5.69. The molecular formula is C14H24N2O4S. The summed E-state index contributed by atoms with van der Waals surface area (Å²) < 4.78 is 23.2. The monoisotopic (exact) mass is 316 g/mol. The molecule has 2 fully saturated rings. The van der Waals surface area contributed by atoms with E-state index in [-0.39, 0.29) is 35.3 Å². The van der Waals surface area contributed by atoms with Crippen molar-refractivity contribution in [2.75, 3.05) is 11.5 Å². The number of nitrogens with one attached hydrogen (secondary N) is 1. The maximum atomic E-state index is 12.6. The summed E-state index contributed by atoms with van der Waals surface area (Å²) in [6.07, 6.45) is 1.42. The van der Waals surface area contributed by atoms with Gasteiger partial charge in [-0.05, 0) is 25.2 Å².